The molecule has 1 aliphatic rings. The van der Waals surface area contributed by atoms with E-state index in [0.29, 0.717) is 13.0 Å². The molecule has 0 aliphatic carbocycles. The smallest absolute Gasteiger partial charge is 0.317 e. The molecule has 0 amide bonds. The van der Waals surface area contributed by atoms with Crippen molar-refractivity contribution >= 4 is 28.5 Å². The van der Waals surface area contributed by atoms with Crippen molar-refractivity contribution in [1.82, 2.24) is 19.5 Å². The Bertz CT molecular complexity index is 1050. The maximum absolute atomic E-state index is 15.2. The van der Waals surface area contributed by atoms with Crippen LogP contribution in [0.2, 0.25) is 5.28 Å². The highest BCUT2D eigenvalue weighted by Crippen LogP contribution is 2.39. The van der Waals surface area contributed by atoms with Crippen LogP contribution in [0.3, 0.4) is 0 Å². The van der Waals surface area contributed by atoms with E-state index in [0.717, 1.165) is 31.0 Å². The number of rotatable bonds is 4. The van der Waals surface area contributed by atoms with Gasteiger partial charge in [0.15, 0.2) is 5.65 Å². The Morgan fingerprint density at radius 2 is 2.14 bits per heavy atom. The van der Waals surface area contributed by atoms with Gasteiger partial charge in [0, 0.05) is 24.3 Å². The maximum atomic E-state index is 15.2. The Kier molecular flexibility index (Phi) is 4.68. The average Bonchev–Trinajstić information content (AvgIpc) is 3.11. The summed E-state index contributed by atoms with van der Waals surface area (Å²) in [6, 6.07) is 4.23. The molecule has 3 heterocycles. The zero-order valence-corrected chi connectivity index (χ0v) is 15.1. The number of nitro groups is 1. The van der Waals surface area contributed by atoms with Gasteiger partial charge in [-0.15, -0.1) is 0 Å². The van der Waals surface area contributed by atoms with Gasteiger partial charge in [-0.3, -0.25) is 14.7 Å². The number of nitro benzene ring substituents is 1. The van der Waals surface area contributed by atoms with E-state index in [4.69, 9.17) is 16.3 Å². The quantitative estimate of drug-likeness (QED) is 0.363. The summed E-state index contributed by atoms with van der Waals surface area (Å²) in [6.07, 6.45) is 3.56. The summed E-state index contributed by atoms with van der Waals surface area (Å²) in [5.41, 5.74) is -1.74. The molecule has 1 fully saturated rings. The molecule has 1 aromatic carbocycles. The Morgan fingerprint density at radius 3 is 2.86 bits per heavy atom. The van der Waals surface area contributed by atoms with Gasteiger partial charge < -0.3 is 4.74 Å². The van der Waals surface area contributed by atoms with Crippen LogP contribution in [0.1, 0.15) is 36.7 Å². The Morgan fingerprint density at radius 1 is 1.32 bits per heavy atom. The molecule has 1 saturated heterocycles. The van der Waals surface area contributed by atoms with E-state index < -0.39 is 27.8 Å². The highest BCUT2D eigenvalue weighted by molar-refractivity contribution is 6.28. The second kappa shape index (κ2) is 7.02. The van der Waals surface area contributed by atoms with Gasteiger partial charge in [0.2, 0.25) is 5.28 Å². The summed E-state index contributed by atoms with van der Waals surface area (Å²) in [5, 5.41) is 10.6. The van der Waals surface area contributed by atoms with E-state index in [1.165, 1.54) is 12.4 Å². The van der Waals surface area contributed by atoms with Gasteiger partial charge in [0.1, 0.15) is 17.4 Å². The van der Waals surface area contributed by atoms with Crippen LogP contribution in [0.4, 0.5) is 14.5 Å². The lowest BCUT2D eigenvalue weighted by Gasteiger charge is -2.24. The monoisotopic (exact) mass is 409 g/mol. The summed E-state index contributed by atoms with van der Waals surface area (Å²) in [7, 11) is 0. The number of benzene rings is 1. The number of hydrogen-bond donors (Lipinski definition) is 0. The van der Waals surface area contributed by atoms with E-state index in [1.54, 1.807) is 4.57 Å². The number of nitrogens with zero attached hydrogens (tertiary/aromatic N) is 5. The van der Waals surface area contributed by atoms with Crippen LogP contribution in [0.15, 0.2) is 30.6 Å². The molecule has 11 heteroatoms. The largest absolute Gasteiger partial charge is 0.358 e. The minimum atomic E-state index is -3.66. The molecule has 0 radical (unpaired) electrons. The number of alkyl halides is 2. The molecule has 146 valence electrons. The molecule has 0 spiro atoms. The average molecular weight is 410 g/mol. The lowest BCUT2D eigenvalue weighted by Crippen LogP contribution is -2.20. The van der Waals surface area contributed by atoms with Gasteiger partial charge in [-0.2, -0.15) is 13.8 Å². The molecular weight excluding hydrogens is 396 g/mol. The Labute approximate surface area is 162 Å². The zero-order chi connectivity index (χ0) is 19.9. The van der Waals surface area contributed by atoms with Gasteiger partial charge in [-0.25, -0.2) is 9.97 Å². The van der Waals surface area contributed by atoms with Crippen molar-refractivity contribution < 1.29 is 18.4 Å². The molecule has 0 bridgehead atoms. The summed E-state index contributed by atoms with van der Waals surface area (Å²) >= 11 is 5.92. The van der Waals surface area contributed by atoms with Crippen LogP contribution in [-0.2, 0) is 10.7 Å². The predicted molar refractivity (Wildman–Crippen MR) is 95.3 cm³/mol. The molecule has 1 atom stereocenters. The fourth-order valence-electron chi connectivity index (χ4n) is 3.21. The molecule has 8 nitrogen and oxygen atoms in total. The van der Waals surface area contributed by atoms with E-state index in [1.807, 2.05) is 0 Å². The van der Waals surface area contributed by atoms with Gasteiger partial charge in [-0.1, -0.05) is 12.1 Å². The van der Waals surface area contributed by atoms with Crippen LogP contribution in [0.25, 0.3) is 11.2 Å². The molecule has 28 heavy (non-hydrogen) atoms. The first-order valence-corrected chi connectivity index (χ1v) is 8.90. The predicted octanol–water partition coefficient (Wildman–Crippen LogP) is 4.23. The number of hydrogen-bond acceptors (Lipinski definition) is 6. The van der Waals surface area contributed by atoms with Crippen molar-refractivity contribution in [1.29, 1.82) is 0 Å². The number of fused-ring (bicyclic) bond motifs is 1. The number of imidazole rings is 1. The van der Waals surface area contributed by atoms with Gasteiger partial charge in [-0.05, 0) is 30.9 Å². The van der Waals surface area contributed by atoms with Crippen molar-refractivity contribution in [3.05, 3.63) is 57.2 Å². The molecule has 0 N–H and O–H groups in total. The standard InChI is InChI=1S/C17H14ClF2N5O3/c18-16-22-14(17(19,20)10-4-3-5-11(8-10)25(26)27)13-15(23-16)24(9-21-13)12-6-1-2-7-28-12/h3-5,8-9,12H,1-2,6-7H2. The van der Waals surface area contributed by atoms with Gasteiger partial charge >= 0.3 is 5.92 Å². The van der Waals surface area contributed by atoms with Crippen LogP contribution in [0.5, 0.6) is 0 Å². The zero-order valence-electron chi connectivity index (χ0n) is 14.4. The molecular formula is C17H14ClF2N5O3. The second-order valence-electron chi connectivity index (χ2n) is 6.37. The Balaban J connectivity index is 1.85. The SMILES string of the molecule is O=[N+]([O-])c1cccc(C(F)(F)c2nc(Cl)nc3c2ncn3C2CCCCO2)c1. The third-order valence-corrected chi connectivity index (χ3v) is 4.75. The highest BCUT2D eigenvalue weighted by atomic mass is 35.5. The van der Waals surface area contributed by atoms with Gasteiger partial charge in [0.25, 0.3) is 5.69 Å². The first-order valence-electron chi connectivity index (χ1n) is 8.53. The fourth-order valence-corrected chi connectivity index (χ4v) is 3.38. The summed E-state index contributed by atoms with van der Waals surface area (Å²) in [6.45, 7) is 0.555. The first-order chi connectivity index (χ1) is 13.4. The summed E-state index contributed by atoms with van der Waals surface area (Å²) in [5.74, 6) is -3.66. The third-order valence-electron chi connectivity index (χ3n) is 4.58. The van der Waals surface area contributed by atoms with Crippen molar-refractivity contribution in [2.24, 2.45) is 0 Å². The van der Waals surface area contributed by atoms with Crippen LogP contribution >= 0.6 is 11.6 Å². The normalized spacial score (nSPS) is 17.8. The van der Waals surface area contributed by atoms with E-state index in [9.17, 15) is 10.1 Å². The van der Waals surface area contributed by atoms with E-state index in [-0.39, 0.29) is 22.7 Å². The molecule has 1 unspecified atom stereocenters. The molecule has 4 rings (SSSR count). The summed E-state index contributed by atoms with van der Waals surface area (Å²) in [4.78, 5) is 22.0. The minimum Gasteiger partial charge on any atom is -0.358 e. The maximum Gasteiger partial charge on any atom is 0.317 e. The van der Waals surface area contributed by atoms with E-state index in [2.05, 4.69) is 15.0 Å². The van der Waals surface area contributed by atoms with Crippen molar-refractivity contribution in [2.75, 3.05) is 6.61 Å². The third kappa shape index (κ3) is 3.18. The second-order valence-corrected chi connectivity index (χ2v) is 6.71. The minimum absolute atomic E-state index is 0.130. The number of halogens is 3. The van der Waals surface area contributed by atoms with Gasteiger partial charge in [0.05, 0.1) is 11.3 Å². The topological polar surface area (TPSA) is 96.0 Å². The van der Waals surface area contributed by atoms with Crippen LogP contribution in [-0.4, -0.2) is 31.0 Å². The molecule has 1 aliphatic heterocycles. The van der Waals surface area contributed by atoms with Crippen molar-refractivity contribution in [3.8, 4) is 0 Å². The summed E-state index contributed by atoms with van der Waals surface area (Å²) < 4.78 is 37.7. The van der Waals surface area contributed by atoms with Crippen LogP contribution in [0, 0.1) is 10.1 Å². The molecule has 2 aromatic heterocycles. The lowest BCUT2D eigenvalue weighted by atomic mass is 10.0. The van der Waals surface area contributed by atoms with Crippen LogP contribution < -0.4 is 0 Å². The first kappa shape index (κ1) is 18.6. The molecule has 3 aromatic rings. The van der Waals surface area contributed by atoms with E-state index >= 15 is 8.78 Å². The fraction of sp³-hybridized carbons (Fsp3) is 0.353. The molecule has 0 saturated carbocycles. The van der Waals surface area contributed by atoms with Crippen molar-refractivity contribution in [3.63, 3.8) is 0 Å². The Hall–Kier alpha value is -2.72. The lowest BCUT2D eigenvalue weighted by molar-refractivity contribution is -0.385. The van der Waals surface area contributed by atoms with Crippen molar-refractivity contribution in [2.45, 2.75) is 31.4 Å². The number of aromatic nitrogens is 4. The number of non-ortho nitro benzene ring substituents is 1. The highest BCUT2D eigenvalue weighted by Gasteiger charge is 2.40. The number of ether oxygens (including phenoxy) is 1.